The van der Waals surface area contributed by atoms with Crippen LogP contribution in [0.1, 0.15) is 21.5 Å². The Bertz CT molecular complexity index is 395. The fourth-order valence-corrected chi connectivity index (χ4v) is 1.69. The molecule has 1 aromatic rings. The third-order valence-corrected chi connectivity index (χ3v) is 2.44. The van der Waals surface area contributed by atoms with Gasteiger partial charge in [-0.25, -0.2) is 9.18 Å². The zero-order valence-corrected chi connectivity index (χ0v) is 8.73. The first kappa shape index (κ1) is 11.9. The zero-order valence-electron chi connectivity index (χ0n) is 7.92. The Morgan fingerprint density at radius 3 is 2.87 bits per heavy atom. The van der Waals surface area contributed by atoms with Gasteiger partial charge in [0.2, 0.25) is 0 Å². The van der Waals surface area contributed by atoms with Gasteiger partial charge in [-0.15, -0.1) is 12.4 Å². The van der Waals surface area contributed by atoms with Gasteiger partial charge >= 0.3 is 5.97 Å². The molecule has 0 aliphatic carbocycles. The van der Waals surface area contributed by atoms with Gasteiger partial charge in [-0.1, -0.05) is 6.07 Å². The topological polar surface area (TPSA) is 49.3 Å². The largest absolute Gasteiger partial charge is 0.478 e. The smallest absolute Gasteiger partial charge is 0.338 e. The van der Waals surface area contributed by atoms with E-state index in [1.54, 1.807) is 6.07 Å². The molecule has 0 unspecified atom stereocenters. The number of hydrogen-bond acceptors (Lipinski definition) is 2. The van der Waals surface area contributed by atoms with Gasteiger partial charge < -0.3 is 10.4 Å². The summed E-state index contributed by atoms with van der Waals surface area (Å²) < 4.78 is 13.6. The first-order valence-electron chi connectivity index (χ1n) is 4.44. The number of halogens is 2. The lowest BCUT2D eigenvalue weighted by Gasteiger charge is -2.18. The van der Waals surface area contributed by atoms with E-state index in [2.05, 4.69) is 5.32 Å². The fourth-order valence-electron chi connectivity index (χ4n) is 1.69. The fraction of sp³-hybridized carbons (Fsp3) is 0.300. The Kier molecular flexibility index (Phi) is 3.66. The molecular formula is C10H11ClFNO2. The summed E-state index contributed by atoms with van der Waals surface area (Å²) in [6.07, 6.45) is 0.756. The quantitative estimate of drug-likeness (QED) is 0.772. The molecular weight excluding hydrogens is 221 g/mol. The van der Waals surface area contributed by atoms with Crippen molar-refractivity contribution in [1.82, 2.24) is 5.32 Å². The number of nitrogens with one attached hydrogen (secondary N) is 1. The summed E-state index contributed by atoms with van der Waals surface area (Å²) in [6.45, 7) is 1.24. The van der Waals surface area contributed by atoms with Gasteiger partial charge in [-0.05, 0) is 24.6 Å². The standard InChI is InChI=1S/C10H10FNO2.ClH/c11-9-7(10(13)14)2-1-6-3-4-12-5-8(6)9;/h1-2,12H,3-5H2,(H,13,14);1H. The molecule has 1 aliphatic heterocycles. The number of hydrogen-bond donors (Lipinski definition) is 2. The van der Waals surface area contributed by atoms with Gasteiger partial charge in [0.05, 0.1) is 5.56 Å². The number of carboxylic acids is 1. The lowest BCUT2D eigenvalue weighted by molar-refractivity contribution is 0.0691. The highest BCUT2D eigenvalue weighted by molar-refractivity contribution is 5.88. The van der Waals surface area contributed by atoms with Crippen molar-refractivity contribution in [2.24, 2.45) is 0 Å². The van der Waals surface area contributed by atoms with E-state index < -0.39 is 11.8 Å². The van der Waals surface area contributed by atoms with Crippen LogP contribution in [-0.4, -0.2) is 17.6 Å². The van der Waals surface area contributed by atoms with Crippen LogP contribution in [0.3, 0.4) is 0 Å². The van der Waals surface area contributed by atoms with Crippen LogP contribution in [0.4, 0.5) is 4.39 Å². The monoisotopic (exact) mass is 231 g/mol. The molecule has 0 aromatic heterocycles. The second-order valence-corrected chi connectivity index (χ2v) is 3.30. The Balaban J connectivity index is 0.00000112. The van der Waals surface area contributed by atoms with Crippen molar-refractivity contribution in [3.63, 3.8) is 0 Å². The van der Waals surface area contributed by atoms with E-state index in [9.17, 15) is 9.18 Å². The molecule has 0 amide bonds. The first-order valence-corrected chi connectivity index (χ1v) is 4.44. The molecule has 0 saturated heterocycles. The van der Waals surface area contributed by atoms with E-state index in [4.69, 9.17) is 5.11 Å². The molecule has 0 saturated carbocycles. The average Bonchev–Trinajstić information content (AvgIpc) is 2.18. The van der Waals surface area contributed by atoms with Crippen LogP contribution in [0.2, 0.25) is 0 Å². The number of benzene rings is 1. The van der Waals surface area contributed by atoms with Crippen molar-refractivity contribution in [2.75, 3.05) is 6.54 Å². The van der Waals surface area contributed by atoms with Gasteiger partial charge in [0, 0.05) is 12.1 Å². The number of carbonyl (C=O) groups is 1. The van der Waals surface area contributed by atoms with E-state index in [0.29, 0.717) is 12.1 Å². The summed E-state index contributed by atoms with van der Waals surface area (Å²) in [7, 11) is 0. The van der Waals surface area contributed by atoms with Crippen molar-refractivity contribution in [3.8, 4) is 0 Å². The molecule has 3 nitrogen and oxygen atoms in total. The highest BCUT2D eigenvalue weighted by Crippen LogP contribution is 2.20. The van der Waals surface area contributed by atoms with Gasteiger partial charge in [-0.2, -0.15) is 0 Å². The van der Waals surface area contributed by atoms with Crippen molar-refractivity contribution in [1.29, 1.82) is 0 Å². The minimum atomic E-state index is -1.21. The van der Waals surface area contributed by atoms with Crippen LogP contribution in [0.5, 0.6) is 0 Å². The lowest BCUT2D eigenvalue weighted by Crippen LogP contribution is -2.25. The maximum Gasteiger partial charge on any atom is 0.338 e. The maximum absolute atomic E-state index is 13.6. The molecule has 0 bridgehead atoms. The molecule has 0 fully saturated rings. The highest BCUT2D eigenvalue weighted by Gasteiger charge is 2.19. The van der Waals surface area contributed by atoms with Crippen LogP contribution in [0.15, 0.2) is 12.1 Å². The molecule has 15 heavy (non-hydrogen) atoms. The number of aromatic carboxylic acids is 1. The summed E-state index contributed by atoms with van der Waals surface area (Å²) in [5, 5.41) is 11.7. The van der Waals surface area contributed by atoms with Crippen molar-refractivity contribution in [3.05, 3.63) is 34.6 Å². The van der Waals surface area contributed by atoms with Crippen LogP contribution in [-0.2, 0) is 13.0 Å². The Morgan fingerprint density at radius 1 is 1.47 bits per heavy atom. The molecule has 0 spiro atoms. The predicted octanol–water partition coefficient (Wildman–Crippen LogP) is 1.59. The van der Waals surface area contributed by atoms with E-state index >= 15 is 0 Å². The Morgan fingerprint density at radius 2 is 2.20 bits per heavy atom. The molecule has 2 N–H and O–H groups in total. The van der Waals surface area contributed by atoms with E-state index in [1.807, 2.05) is 0 Å². The normalized spacial score (nSPS) is 13.9. The summed E-state index contributed by atoms with van der Waals surface area (Å²) in [4.78, 5) is 10.6. The third kappa shape index (κ3) is 2.11. The lowest BCUT2D eigenvalue weighted by atomic mass is 9.98. The summed E-state index contributed by atoms with van der Waals surface area (Å²) in [6, 6.07) is 3.03. The minimum Gasteiger partial charge on any atom is -0.478 e. The predicted molar refractivity (Wildman–Crippen MR) is 56.0 cm³/mol. The van der Waals surface area contributed by atoms with Crippen LogP contribution >= 0.6 is 12.4 Å². The maximum atomic E-state index is 13.6. The van der Waals surface area contributed by atoms with E-state index in [1.165, 1.54) is 6.07 Å². The van der Waals surface area contributed by atoms with Gasteiger partial charge in [-0.3, -0.25) is 0 Å². The molecule has 82 valence electrons. The third-order valence-electron chi connectivity index (χ3n) is 2.44. The molecule has 1 aliphatic rings. The molecule has 1 heterocycles. The Hall–Kier alpha value is -1.13. The summed E-state index contributed by atoms with van der Waals surface area (Å²) >= 11 is 0. The number of fused-ring (bicyclic) bond motifs is 1. The summed E-state index contributed by atoms with van der Waals surface area (Å²) in [5.41, 5.74) is 1.16. The SMILES string of the molecule is Cl.O=C(O)c1ccc2c(c1F)CNCC2. The second kappa shape index (κ2) is 4.59. The van der Waals surface area contributed by atoms with Crippen LogP contribution in [0.25, 0.3) is 0 Å². The molecule has 2 rings (SSSR count). The van der Waals surface area contributed by atoms with Gasteiger partial charge in [0.15, 0.2) is 0 Å². The second-order valence-electron chi connectivity index (χ2n) is 3.30. The highest BCUT2D eigenvalue weighted by atomic mass is 35.5. The van der Waals surface area contributed by atoms with Gasteiger partial charge in [0.25, 0.3) is 0 Å². The molecule has 0 atom stereocenters. The molecule has 1 aromatic carbocycles. The molecule has 0 radical (unpaired) electrons. The number of carboxylic acid groups (broad SMARTS) is 1. The first-order chi connectivity index (χ1) is 6.70. The van der Waals surface area contributed by atoms with Crippen molar-refractivity contribution >= 4 is 18.4 Å². The zero-order chi connectivity index (χ0) is 10.1. The Labute approximate surface area is 92.7 Å². The average molecular weight is 232 g/mol. The van der Waals surface area contributed by atoms with Crippen LogP contribution < -0.4 is 5.32 Å². The van der Waals surface area contributed by atoms with Crippen molar-refractivity contribution in [2.45, 2.75) is 13.0 Å². The van der Waals surface area contributed by atoms with Gasteiger partial charge in [0.1, 0.15) is 5.82 Å². The van der Waals surface area contributed by atoms with E-state index in [-0.39, 0.29) is 18.0 Å². The minimum absolute atomic E-state index is 0. The number of rotatable bonds is 1. The van der Waals surface area contributed by atoms with Crippen molar-refractivity contribution < 1.29 is 14.3 Å². The molecule has 5 heteroatoms. The summed E-state index contributed by atoms with van der Waals surface area (Å²) in [5.74, 6) is -1.81. The van der Waals surface area contributed by atoms with Crippen LogP contribution in [0, 0.1) is 5.82 Å². The van der Waals surface area contributed by atoms with E-state index in [0.717, 1.165) is 18.5 Å².